The number of halogens is 2. The Bertz CT molecular complexity index is 525. The first-order valence-corrected chi connectivity index (χ1v) is 7.33. The van der Waals surface area contributed by atoms with Gasteiger partial charge in [-0.1, -0.05) is 17.7 Å². The summed E-state index contributed by atoms with van der Waals surface area (Å²) in [7, 11) is 0. The van der Waals surface area contributed by atoms with Crippen LogP contribution in [0.5, 0.6) is 0 Å². The molecule has 4 nitrogen and oxygen atoms in total. The molecule has 0 unspecified atom stereocenters. The van der Waals surface area contributed by atoms with Gasteiger partial charge in [0, 0.05) is 12.6 Å². The maximum Gasteiger partial charge on any atom is 0.307 e. The van der Waals surface area contributed by atoms with Crippen LogP contribution in [0.15, 0.2) is 18.2 Å². The normalized spacial score (nSPS) is 13.9. The highest BCUT2D eigenvalue weighted by molar-refractivity contribution is 6.33. The first-order valence-electron chi connectivity index (χ1n) is 6.95. The van der Waals surface area contributed by atoms with Crippen molar-refractivity contribution in [3.8, 4) is 0 Å². The van der Waals surface area contributed by atoms with Crippen molar-refractivity contribution in [2.75, 3.05) is 13.2 Å². The van der Waals surface area contributed by atoms with Gasteiger partial charge in [-0.15, -0.1) is 0 Å². The Morgan fingerprint density at radius 1 is 1.43 bits per heavy atom. The first kappa shape index (κ1) is 15.8. The lowest BCUT2D eigenvalue weighted by Gasteiger charge is -2.22. The zero-order valence-electron chi connectivity index (χ0n) is 11.8. The first-order chi connectivity index (χ1) is 10.0. The van der Waals surface area contributed by atoms with Crippen LogP contribution in [-0.4, -0.2) is 36.0 Å². The third-order valence-electron chi connectivity index (χ3n) is 3.29. The van der Waals surface area contributed by atoms with E-state index in [2.05, 4.69) is 0 Å². The quantitative estimate of drug-likeness (QED) is 0.758. The molecule has 0 radical (unpaired) electrons. The fourth-order valence-corrected chi connectivity index (χ4v) is 2.37. The van der Waals surface area contributed by atoms with Crippen molar-refractivity contribution in [3.05, 3.63) is 34.6 Å². The van der Waals surface area contributed by atoms with E-state index < -0.39 is 11.7 Å². The second-order valence-corrected chi connectivity index (χ2v) is 5.29. The molecule has 0 spiro atoms. The Labute approximate surface area is 127 Å². The Morgan fingerprint density at radius 2 is 2.14 bits per heavy atom. The minimum atomic E-state index is -0.644. The number of amides is 1. The van der Waals surface area contributed by atoms with Crippen molar-refractivity contribution in [1.29, 1.82) is 0 Å². The lowest BCUT2D eigenvalue weighted by molar-refractivity contribution is -0.143. The molecule has 0 aromatic heterocycles. The maximum atomic E-state index is 13.8. The SMILES string of the molecule is CCOC(=O)CCN(C(=O)c1c(F)cccc1Cl)C1CC1. The number of esters is 1. The largest absolute Gasteiger partial charge is 0.466 e. The van der Waals surface area contributed by atoms with Crippen LogP contribution in [0, 0.1) is 5.82 Å². The van der Waals surface area contributed by atoms with Crippen molar-refractivity contribution in [2.24, 2.45) is 0 Å². The predicted octanol–water partition coefficient (Wildman–Crippen LogP) is 3.04. The molecule has 1 aliphatic rings. The fraction of sp³-hybridized carbons (Fsp3) is 0.467. The van der Waals surface area contributed by atoms with E-state index in [1.165, 1.54) is 23.1 Å². The van der Waals surface area contributed by atoms with E-state index in [4.69, 9.17) is 16.3 Å². The van der Waals surface area contributed by atoms with Crippen LogP contribution in [0.2, 0.25) is 5.02 Å². The molecule has 21 heavy (non-hydrogen) atoms. The summed E-state index contributed by atoms with van der Waals surface area (Å²) >= 11 is 5.93. The summed E-state index contributed by atoms with van der Waals surface area (Å²) in [4.78, 5) is 25.4. The lowest BCUT2D eigenvalue weighted by atomic mass is 10.1. The highest BCUT2D eigenvalue weighted by Crippen LogP contribution is 2.30. The van der Waals surface area contributed by atoms with Crippen LogP contribution in [0.1, 0.15) is 36.5 Å². The fourth-order valence-electron chi connectivity index (χ4n) is 2.13. The third kappa shape index (κ3) is 3.94. The molecule has 1 aromatic carbocycles. The molecule has 2 rings (SSSR count). The van der Waals surface area contributed by atoms with Gasteiger partial charge in [0.2, 0.25) is 0 Å². The molecule has 0 saturated heterocycles. The maximum absolute atomic E-state index is 13.8. The molecule has 0 atom stereocenters. The molecule has 6 heteroatoms. The zero-order valence-corrected chi connectivity index (χ0v) is 12.5. The van der Waals surface area contributed by atoms with Gasteiger partial charge in [0.15, 0.2) is 0 Å². The van der Waals surface area contributed by atoms with Crippen LogP contribution in [-0.2, 0) is 9.53 Å². The molecule has 1 saturated carbocycles. The summed E-state index contributed by atoms with van der Waals surface area (Å²) in [5.74, 6) is -1.48. The van der Waals surface area contributed by atoms with E-state index in [9.17, 15) is 14.0 Å². The summed E-state index contributed by atoms with van der Waals surface area (Å²) in [5, 5.41) is 0.0850. The second-order valence-electron chi connectivity index (χ2n) is 4.88. The van der Waals surface area contributed by atoms with Gasteiger partial charge in [-0.2, -0.15) is 0 Å². The van der Waals surface area contributed by atoms with E-state index >= 15 is 0 Å². The van der Waals surface area contributed by atoms with E-state index in [0.29, 0.717) is 6.61 Å². The van der Waals surface area contributed by atoms with Crippen LogP contribution in [0.3, 0.4) is 0 Å². The van der Waals surface area contributed by atoms with E-state index in [0.717, 1.165) is 12.8 Å². The third-order valence-corrected chi connectivity index (χ3v) is 3.60. The molecule has 1 aromatic rings. The van der Waals surface area contributed by atoms with Crippen LogP contribution >= 0.6 is 11.6 Å². The molecule has 114 valence electrons. The average Bonchev–Trinajstić information content (AvgIpc) is 3.23. The molecule has 1 aliphatic carbocycles. The minimum absolute atomic E-state index is 0.0580. The van der Waals surface area contributed by atoms with E-state index in [-0.39, 0.29) is 35.6 Å². The summed E-state index contributed by atoms with van der Waals surface area (Å²) in [6, 6.07) is 4.20. The van der Waals surface area contributed by atoms with Crippen molar-refractivity contribution >= 4 is 23.5 Å². The molecule has 0 bridgehead atoms. The monoisotopic (exact) mass is 313 g/mol. The minimum Gasteiger partial charge on any atom is -0.466 e. The van der Waals surface area contributed by atoms with Crippen LogP contribution in [0.4, 0.5) is 4.39 Å². The molecule has 0 N–H and O–H groups in total. The van der Waals surface area contributed by atoms with Gasteiger partial charge >= 0.3 is 5.97 Å². The Balaban J connectivity index is 2.11. The Kier molecular flexibility index (Phi) is 5.17. The summed E-state index contributed by atoms with van der Waals surface area (Å²) in [6.07, 6.45) is 1.82. The summed E-state index contributed by atoms with van der Waals surface area (Å²) < 4.78 is 18.7. The van der Waals surface area contributed by atoms with Gasteiger partial charge in [-0.25, -0.2) is 4.39 Å². The number of nitrogens with zero attached hydrogens (tertiary/aromatic N) is 1. The smallest absolute Gasteiger partial charge is 0.307 e. The molecular weight excluding hydrogens is 297 g/mol. The average molecular weight is 314 g/mol. The lowest BCUT2D eigenvalue weighted by Crippen LogP contribution is -2.36. The number of carbonyl (C=O) groups is 2. The van der Waals surface area contributed by atoms with Crippen molar-refractivity contribution < 1.29 is 18.7 Å². The molecule has 1 fully saturated rings. The van der Waals surface area contributed by atoms with Gasteiger partial charge < -0.3 is 9.64 Å². The van der Waals surface area contributed by atoms with Gasteiger partial charge in [0.1, 0.15) is 5.82 Å². The van der Waals surface area contributed by atoms with E-state index in [1.54, 1.807) is 6.92 Å². The standard InChI is InChI=1S/C15H17ClFNO3/c1-2-21-13(19)8-9-18(10-6-7-10)15(20)14-11(16)4-3-5-12(14)17/h3-5,10H,2,6-9H2,1H3. The van der Waals surface area contributed by atoms with Crippen LogP contribution in [0.25, 0.3) is 0 Å². The van der Waals surface area contributed by atoms with Crippen molar-refractivity contribution in [1.82, 2.24) is 4.90 Å². The highest BCUT2D eigenvalue weighted by Gasteiger charge is 2.35. The molecular formula is C15H17ClFNO3. The summed E-state index contributed by atoms with van der Waals surface area (Å²) in [6.45, 7) is 2.24. The van der Waals surface area contributed by atoms with Crippen LogP contribution < -0.4 is 0 Å². The van der Waals surface area contributed by atoms with Gasteiger partial charge in [0.25, 0.3) is 5.91 Å². The van der Waals surface area contributed by atoms with Crippen molar-refractivity contribution in [2.45, 2.75) is 32.2 Å². The van der Waals surface area contributed by atoms with Crippen molar-refractivity contribution in [3.63, 3.8) is 0 Å². The topological polar surface area (TPSA) is 46.6 Å². The highest BCUT2D eigenvalue weighted by atomic mass is 35.5. The van der Waals surface area contributed by atoms with Gasteiger partial charge in [-0.05, 0) is 31.9 Å². The number of hydrogen-bond donors (Lipinski definition) is 0. The number of carbonyl (C=O) groups excluding carboxylic acids is 2. The second kappa shape index (κ2) is 6.89. The zero-order chi connectivity index (χ0) is 15.4. The number of rotatable bonds is 6. The predicted molar refractivity (Wildman–Crippen MR) is 76.7 cm³/mol. The Hall–Kier alpha value is -1.62. The van der Waals surface area contributed by atoms with Gasteiger partial charge in [0.05, 0.1) is 23.6 Å². The Morgan fingerprint density at radius 3 is 2.71 bits per heavy atom. The molecule has 1 amide bonds. The number of hydrogen-bond acceptors (Lipinski definition) is 3. The van der Waals surface area contributed by atoms with E-state index in [1.807, 2.05) is 0 Å². The molecule has 0 heterocycles. The number of benzene rings is 1. The number of ether oxygens (including phenoxy) is 1. The summed E-state index contributed by atoms with van der Waals surface area (Å²) in [5.41, 5.74) is -0.130. The molecule has 0 aliphatic heterocycles. The van der Waals surface area contributed by atoms with Gasteiger partial charge in [-0.3, -0.25) is 9.59 Å².